The first-order chi connectivity index (χ1) is 15.5. The van der Waals surface area contributed by atoms with Crippen LogP contribution in [0.15, 0.2) is 72.8 Å². The van der Waals surface area contributed by atoms with Crippen molar-refractivity contribution >= 4 is 28.5 Å². The molecule has 5 heteroatoms. The number of benzene rings is 3. The minimum atomic E-state index is -0.371. The van der Waals surface area contributed by atoms with Crippen molar-refractivity contribution in [1.82, 2.24) is 4.98 Å². The number of aromatic nitrogens is 1. The zero-order chi connectivity index (χ0) is 22.7. The lowest BCUT2D eigenvalue weighted by molar-refractivity contribution is 0.0526. The highest BCUT2D eigenvalue weighted by Crippen LogP contribution is 2.28. The van der Waals surface area contributed by atoms with Gasteiger partial charge in [-0.05, 0) is 56.2 Å². The minimum absolute atomic E-state index is 0.226. The van der Waals surface area contributed by atoms with Gasteiger partial charge >= 0.3 is 5.97 Å². The molecule has 1 aromatic heterocycles. The van der Waals surface area contributed by atoms with Gasteiger partial charge in [-0.25, -0.2) is 9.78 Å². The number of esters is 1. The fourth-order valence-electron chi connectivity index (χ4n) is 3.79. The summed E-state index contributed by atoms with van der Waals surface area (Å²) in [5.74, 6) is -0.597. The van der Waals surface area contributed by atoms with Gasteiger partial charge in [0.05, 0.1) is 28.9 Å². The number of aryl methyl sites for hydroxylation is 2. The average Bonchev–Trinajstić information content (AvgIpc) is 2.81. The van der Waals surface area contributed by atoms with Crippen molar-refractivity contribution in [3.05, 3.63) is 95.1 Å². The molecule has 32 heavy (non-hydrogen) atoms. The SMILES string of the molecule is CCOC(=O)c1cc(C)c(NC(=O)c2cc(-c3ccccc3)nc3ccccc23)c(C)c1. The zero-order valence-electron chi connectivity index (χ0n) is 18.3. The second-order valence-electron chi connectivity index (χ2n) is 7.60. The fourth-order valence-corrected chi connectivity index (χ4v) is 3.79. The predicted molar refractivity (Wildman–Crippen MR) is 127 cm³/mol. The molecular formula is C27H24N2O3. The number of para-hydroxylation sites is 1. The number of amides is 1. The summed E-state index contributed by atoms with van der Waals surface area (Å²) in [7, 11) is 0. The third-order valence-electron chi connectivity index (χ3n) is 5.31. The van der Waals surface area contributed by atoms with E-state index in [-0.39, 0.29) is 11.9 Å². The number of rotatable bonds is 5. The van der Waals surface area contributed by atoms with E-state index in [0.717, 1.165) is 33.3 Å². The molecule has 0 aliphatic rings. The predicted octanol–water partition coefficient (Wildman–Crippen LogP) is 5.95. The molecule has 3 aromatic carbocycles. The molecule has 1 heterocycles. The summed E-state index contributed by atoms with van der Waals surface area (Å²) in [5.41, 5.74) is 5.73. The number of hydrogen-bond donors (Lipinski definition) is 1. The minimum Gasteiger partial charge on any atom is -0.462 e. The lowest BCUT2D eigenvalue weighted by atomic mass is 10.0. The summed E-state index contributed by atoms with van der Waals surface area (Å²) in [6, 6.07) is 22.7. The molecule has 0 saturated heterocycles. The molecule has 0 saturated carbocycles. The maximum absolute atomic E-state index is 13.4. The van der Waals surface area contributed by atoms with Crippen molar-refractivity contribution in [2.45, 2.75) is 20.8 Å². The molecule has 0 spiro atoms. The summed E-state index contributed by atoms with van der Waals surface area (Å²) in [4.78, 5) is 30.3. The zero-order valence-corrected chi connectivity index (χ0v) is 18.3. The van der Waals surface area contributed by atoms with Gasteiger partial charge in [-0.1, -0.05) is 48.5 Å². The van der Waals surface area contributed by atoms with Crippen LogP contribution in [0.4, 0.5) is 5.69 Å². The Hall–Kier alpha value is -3.99. The highest BCUT2D eigenvalue weighted by atomic mass is 16.5. The molecule has 0 aliphatic heterocycles. The lowest BCUT2D eigenvalue weighted by Crippen LogP contribution is -2.16. The Kier molecular flexibility index (Phi) is 5.99. The summed E-state index contributed by atoms with van der Waals surface area (Å²) >= 11 is 0. The normalized spacial score (nSPS) is 10.7. The van der Waals surface area contributed by atoms with Crippen molar-refractivity contribution < 1.29 is 14.3 Å². The number of hydrogen-bond acceptors (Lipinski definition) is 4. The number of nitrogens with one attached hydrogen (secondary N) is 1. The monoisotopic (exact) mass is 424 g/mol. The van der Waals surface area contributed by atoms with E-state index in [1.807, 2.05) is 74.5 Å². The Morgan fingerprint density at radius 2 is 1.56 bits per heavy atom. The molecular weight excluding hydrogens is 400 g/mol. The van der Waals surface area contributed by atoms with Gasteiger partial charge in [-0.15, -0.1) is 0 Å². The standard InChI is InChI=1S/C27H24N2O3/c1-4-32-27(31)20-14-17(2)25(18(3)15-20)29-26(30)22-16-24(19-10-6-5-7-11-19)28-23-13-9-8-12-21(22)23/h5-16H,4H2,1-3H3,(H,29,30). The van der Waals surface area contributed by atoms with E-state index in [2.05, 4.69) is 5.32 Å². The molecule has 1 amide bonds. The van der Waals surface area contributed by atoms with E-state index in [0.29, 0.717) is 23.4 Å². The van der Waals surface area contributed by atoms with Crippen molar-refractivity contribution in [1.29, 1.82) is 0 Å². The first-order valence-electron chi connectivity index (χ1n) is 10.5. The Labute approximate surface area is 187 Å². The number of ether oxygens (including phenoxy) is 1. The summed E-state index contributed by atoms with van der Waals surface area (Å²) in [6.07, 6.45) is 0. The van der Waals surface area contributed by atoms with E-state index >= 15 is 0 Å². The number of carbonyl (C=O) groups is 2. The third kappa shape index (κ3) is 4.23. The van der Waals surface area contributed by atoms with Crippen LogP contribution in [0.1, 0.15) is 38.8 Å². The summed E-state index contributed by atoms with van der Waals surface area (Å²) in [6.45, 7) is 5.82. The van der Waals surface area contributed by atoms with E-state index in [9.17, 15) is 9.59 Å². The van der Waals surface area contributed by atoms with Crippen molar-refractivity contribution in [3.8, 4) is 11.3 Å². The molecule has 0 aliphatic carbocycles. The van der Waals surface area contributed by atoms with Crippen LogP contribution in [0, 0.1) is 13.8 Å². The van der Waals surface area contributed by atoms with Crippen molar-refractivity contribution in [2.24, 2.45) is 0 Å². The van der Waals surface area contributed by atoms with Crippen LogP contribution in [0.3, 0.4) is 0 Å². The van der Waals surface area contributed by atoms with Crippen LogP contribution in [0.2, 0.25) is 0 Å². The van der Waals surface area contributed by atoms with E-state index < -0.39 is 0 Å². The Morgan fingerprint density at radius 3 is 2.25 bits per heavy atom. The van der Waals surface area contributed by atoms with Gasteiger partial charge in [0, 0.05) is 16.6 Å². The van der Waals surface area contributed by atoms with Crippen LogP contribution in [-0.4, -0.2) is 23.5 Å². The number of nitrogens with zero attached hydrogens (tertiary/aromatic N) is 1. The van der Waals surface area contributed by atoms with Gasteiger partial charge in [0.2, 0.25) is 0 Å². The van der Waals surface area contributed by atoms with Crippen molar-refractivity contribution in [3.63, 3.8) is 0 Å². The molecule has 160 valence electrons. The van der Waals surface area contributed by atoms with Crippen molar-refractivity contribution in [2.75, 3.05) is 11.9 Å². The molecule has 0 fully saturated rings. The second-order valence-corrected chi connectivity index (χ2v) is 7.60. The highest BCUT2D eigenvalue weighted by molar-refractivity contribution is 6.13. The lowest BCUT2D eigenvalue weighted by Gasteiger charge is -2.15. The molecule has 1 N–H and O–H groups in total. The first-order valence-corrected chi connectivity index (χ1v) is 10.5. The Morgan fingerprint density at radius 1 is 0.906 bits per heavy atom. The molecule has 4 rings (SSSR count). The molecule has 0 unspecified atom stereocenters. The van der Waals surface area contributed by atoms with E-state index in [4.69, 9.17) is 9.72 Å². The largest absolute Gasteiger partial charge is 0.462 e. The Balaban J connectivity index is 1.74. The third-order valence-corrected chi connectivity index (χ3v) is 5.31. The van der Waals surface area contributed by atoms with Gasteiger partial charge in [0.25, 0.3) is 5.91 Å². The maximum Gasteiger partial charge on any atom is 0.338 e. The van der Waals surface area contributed by atoms with Crippen LogP contribution in [0.5, 0.6) is 0 Å². The average molecular weight is 425 g/mol. The maximum atomic E-state index is 13.4. The van der Waals surface area contributed by atoms with Gasteiger partial charge < -0.3 is 10.1 Å². The topological polar surface area (TPSA) is 68.3 Å². The highest BCUT2D eigenvalue weighted by Gasteiger charge is 2.17. The van der Waals surface area contributed by atoms with E-state index in [1.54, 1.807) is 19.1 Å². The quantitative estimate of drug-likeness (QED) is 0.402. The first kappa shape index (κ1) is 21.2. The van der Waals surface area contributed by atoms with Gasteiger partial charge in [-0.2, -0.15) is 0 Å². The molecule has 5 nitrogen and oxygen atoms in total. The number of anilines is 1. The van der Waals surface area contributed by atoms with Gasteiger partial charge in [-0.3, -0.25) is 4.79 Å². The van der Waals surface area contributed by atoms with E-state index in [1.165, 1.54) is 0 Å². The summed E-state index contributed by atoms with van der Waals surface area (Å²) in [5, 5.41) is 3.83. The van der Waals surface area contributed by atoms with Crippen LogP contribution >= 0.6 is 0 Å². The van der Waals surface area contributed by atoms with Crippen LogP contribution < -0.4 is 5.32 Å². The molecule has 0 radical (unpaired) electrons. The molecule has 0 atom stereocenters. The Bertz CT molecular complexity index is 1290. The van der Waals surface area contributed by atoms with Gasteiger partial charge in [0.1, 0.15) is 0 Å². The van der Waals surface area contributed by atoms with Crippen LogP contribution in [0.25, 0.3) is 22.2 Å². The van der Waals surface area contributed by atoms with Gasteiger partial charge in [0.15, 0.2) is 0 Å². The molecule has 0 bridgehead atoms. The molecule has 4 aromatic rings. The smallest absolute Gasteiger partial charge is 0.338 e. The second kappa shape index (κ2) is 9.02. The number of fused-ring (bicyclic) bond motifs is 1. The number of carbonyl (C=O) groups excluding carboxylic acids is 2. The van der Waals surface area contributed by atoms with Crippen LogP contribution in [-0.2, 0) is 4.74 Å². The number of pyridine rings is 1. The summed E-state index contributed by atoms with van der Waals surface area (Å²) < 4.78 is 5.10. The fraction of sp³-hybridized carbons (Fsp3) is 0.148.